The molecule has 18 heavy (non-hydrogen) atoms. The van der Waals surface area contributed by atoms with Crippen molar-refractivity contribution >= 4 is 5.78 Å². The average Bonchev–Trinajstić information content (AvgIpc) is 2.39. The summed E-state index contributed by atoms with van der Waals surface area (Å²) in [5.41, 5.74) is 1.75. The van der Waals surface area contributed by atoms with Crippen LogP contribution in [0.2, 0.25) is 0 Å². The van der Waals surface area contributed by atoms with E-state index in [0.717, 1.165) is 36.3 Å². The van der Waals surface area contributed by atoms with E-state index in [4.69, 9.17) is 9.47 Å². The van der Waals surface area contributed by atoms with Crippen LogP contribution in [0.25, 0.3) is 0 Å². The van der Waals surface area contributed by atoms with Crippen LogP contribution >= 0.6 is 0 Å². The highest BCUT2D eigenvalue weighted by molar-refractivity contribution is 5.97. The van der Waals surface area contributed by atoms with Crippen molar-refractivity contribution < 1.29 is 14.3 Å². The molecule has 1 atom stereocenters. The maximum absolute atomic E-state index is 12.2. The van der Waals surface area contributed by atoms with Crippen molar-refractivity contribution in [3.05, 3.63) is 29.3 Å². The molecule has 1 aliphatic rings. The van der Waals surface area contributed by atoms with E-state index in [-0.39, 0.29) is 11.9 Å². The van der Waals surface area contributed by atoms with Gasteiger partial charge in [0, 0.05) is 18.6 Å². The summed E-state index contributed by atoms with van der Waals surface area (Å²) < 4.78 is 10.8. The van der Waals surface area contributed by atoms with Gasteiger partial charge in [-0.1, -0.05) is 0 Å². The number of hydrogen-bond donors (Lipinski definition) is 0. The minimum absolute atomic E-state index is 0.104. The van der Waals surface area contributed by atoms with Crippen LogP contribution in [0, 0.1) is 6.92 Å². The van der Waals surface area contributed by atoms with Crippen LogP contribution in [0.5, 0.6) is 5.75 Å². The zero-order valence-electron chi connectivity index (χ0n) is 11.1. The second kappa shape index (κ2) is 6.01. The summed E-state index contributed by atoms with van der Waals surface area (Å²) >= 11 is 0. The van der Waals surface area contributed by atoms with Gasteiger partial charge in [0.15, 0.2) is 5.78 Å². The van der Waals surface area contributed by atoms with E-state index < -0.39 is 0 Å². The van der Waals surface area contributed by atoms with Crippen molar-refractivity contribution in [3.8, 4) is 5.75 Å². The van der Waals surface area contributed by atoms with Crippen LogP contribution in [0.4, 0.5) is 0 Å². The van der Waals surface area contributed by atoms with E-state index in [1.807, 2.05) is 25.1 Å². The monoisotopic (exact) mass is 248 g/mol. The average molecular weight is 248 g/mol. The largest absolute Gasteiger partial charge is 0.497 e. The summed E-state index contributed by atoms with van der Waals surface area (Å²) in [6, 6.07) is 5.58. The molecular formula is C15H20O3. The predicted molar refractivity (Wildman–Crippen MR) is 70.3 cm³/mol. The Morgan fingerprint density at radius 3 is 2.89 bits per heavy atom. The molecule has 1 saturated heterocycles. The number of carbonyl (C=O) groups is 1. The number of ketones is 1. The third-order valence-corrected chi connectivity index (χ3v) is 3.42. The molecule has 2 rings (SSSR count). The van der Waals surface area contributed by atoms with Crippen molar-refractivity contribution in [1.82, 2.24) is 0 Å². The molecule has 0 radical (unpaired) electrons. The van der Waals surface area contributed by atoms with Gasteiger partial charge in [-0.25, -0.2) is 0 Å². The summed E-state index contributed by atoms with van der Waals surface area (Å²) in [5.74, 6) is 0.958. The quantitative estimate of drug-likeness (QED) is 0.768. The third kappa shape index (κ3) is 3.10. The van der Waals surface area contributed by atoms with Crippen LogP contribution in [-0.4, -0.2) is 25.6 Å². The Morgan fingerprint density at radius 1 is 1.44 bits per heavy atom. The Bertz CT molecular complexity index is 420. The van der Waals surface area contributed by atoms with Gasteiger partial charge in [0.1, 0.15) is 5.75 Å². The van der Waals surface area contributed by atoms with Crippen molar-refractivity contribution in [2.75, 3.05) is 13.7 Å². The first-order valence-electron chi connectivity index (χ1n) is 6.50. The predicted octanol–water partition coefficient (Wildman–Crippen LogP) is 3.15. The van der Waals surface area contributed by atoms with Crippen LogP contribution in [0.1, 0.15) is 41.6 Å². The summed E-state index contributed by atoms with van der Waals surface area (Å²) in [6.45, 7) is 2.73. The first-order valence-corrected chi connectivity index (χ1v) is 6.50. The molecule has 1 unspecified atom stereocenters. The van der Waals surface area contributed by atoms with Crippen molar-refractivity contribution in [2.24, 2.45) is 0 Å². The lowest BCUT2D eigenvalue weighted by Gasteiger charge is -2.22. The van der Waals surface area contributed by atoms with Crippen LogP contribution in [-0.2, 0) is 4.74 Å². The van der Waals surface area contributed by atoms with E-state index in [0.29, 0.717) is 6.42 Å². The smallest absolute Gasteiger partial charge is 0.165 e. The van der Waals surface area contributed by atoms with Gasteiger partial charge < -0.3 is 9.47 Å². The molecule has 0 aliphatic carbocycles. The number of aryl methyl sites for hydroxylation is 1. The molecule has 0 spiro atoms. The Hall–Kier alpha value is -1.35. The summed E-state index contributed by atoms with van der Waals surface area (Å²) in [5, 5.41) is 0. The number of carbonyl (C=O) groups excluding carboxylic acids is 1. The number of ether oxygens (including phenoxy) is 2. The Kier molecular flexibility index (Phi) is 4.37. The van der Waals surface area contributed by atoms with Gasteiger partial charge in [0.05, 0.1) is 13.2 Å². The molecule has 0 N–H and O–H groups in total. The van der Waals surface area contributed by atoms with E-state index in [1.54, 1.807) is 7.11 Å². The highest BCUT2D eigenvalue weighted by Gasteiger charge is 2.19. The van der Waals surface area contributed by atoms with Gasteiger partial charge in [-0.05, 0) is 49.9 Å². The van der Waals surface area contributed by atoms with Crippen molar-refractivity contribution in [1.29, 1.82) is 0 Å². The molecular weight excluding hydrogens is 228 g/mol. The van der Waals surface area contributed by atoms with E-state index in [1.165, 1.54) is 6.42 Å². The Morgan fingerprint density at radius 2 is 2.28 bits per heavy atom. The lowest BCUT2D eigenvalue weighted by molar-refractivity contribution is 0.0129. The zero-order valence-corrected chi connectivity index (χ0v) is 11.1. The minimum Gasteiger partial charge on any atom is -0.497 e. The maximum atomic E-state index is 12.2. The lowest BCUT2D eigenvalue weighted by atomic mass is 9.97. The molecule has 98 valence electrons. The van der Waals surface area contributed by atoms with Crippen molar-refractivity contribution in [3.63, 3.8) is 0 Å². The highest BCUT2D eigenvalue weighted by Crippen LogP contribution is 2.21. The molecule has 0 aromatic heterocycles. The molecule has 0 bridgehead atoms. The van der Waals surface area contributed by atoms with Crippen LogP contribution < -0.4 is 4.74 Å². The maximum Gasteiger partial charge on any atom is 0.165 e. The normalized spacial score (nSPS) is 19.6. The highest BCUT2D eigenvalue weighted by atomic mass is 16.5. The van der Waals surface area contributed by atoms with Crippen LogP contribution in [0.3, 0.4) is 0 Å². The van der Waals surface area contributed by atoms with Gasteiger partial charge in [0.2, 0.25) is 0 Å². The van der Waals surface area contributed by atoms with Gasteiger partial charge in [-0.15, -0.1) is 0 Å². The molecule has 1 fully saturated rings. The lowest BCUT2D eigenvalue weighted by Crippen LogP contribution is -2.22. The SMILES string of the molecule is COc1ccc(C(=O)CC2CCCCO2)c(C)c1. The van der Waals surface area contributed by atoms with E-state index in [2.05, 4.69) is 0 Å². The van der Waals surface area contributed by atoms with Crippen molar-refractivity contribution in [2.45, 2.75) is 38.7 Å². The second-order valence-corrected chi connectivity index (χ2v) is 4.80. The zero-order chi connectivity index (χ0) is 13.0. The third-order valence-electron chi connectivity index (χ3n) is 3.42. The standard InChI is InChI=1S/C15H20O3/c1-11-9-12(17-2)6-7-14(11)15(16)10-13-5-3-4-8-18-13/h6-7,9,13H,3-5,8,10H2,1-2H3. The molecule has 0 saturated carbocycles. The fraction of sp³-hybridized carbons (Fsp3) is 0.533. The minimum atomic E-state index is 0.104. The fourth-order valence-electron chi connectivity index (χ4n) is 2.36. The Balaban J connectivity index is 2.03. The first-order chi connectivity index (χ1) is 8.70. The molecule has 1 aromatic rings. The van der Waals surface area contributed by atoms with E-state index >= 15 is 0 Å². The number of hydrogen-bond acceptors (Lipinski definition) is 3. The first kappa shape index (κ1) is 13.1. The molecule has 1 aliphatic heterocycles. The molecule has 1 aromatic carbocycles. The fourth-order valence-corrected chi connectivity index (χ4v) is 2.36. The van der Waals surface area contributed by atoms with E-state index in [9.17, 15) is 4.79 Å². The van der Waals surface area contributed by atoms with Gasteiger partial charge in [-0.3, -0.25) is 4.79 Å². The number of Topliss-reactive ketones (excluding diaryl/α,β-unsaturated/α-hetero) is 1. The molecule has 0 amide bonds. The summed E-state index contributed by atoms with van der Waals surface area (Å²) in [4.78, 5) is 12.2. The number of benzene rings is 1. The van der Waals surface area contributed by atoms with Crippen LogP contribution in [0.15, 0.2) is 18.2 Å². The second-order valence-electron chi connectivity index (χ2n) is 4.80. The topological polar surface area (TPSA) is 35.5 Å². The summed E-state index contributed by atoms with van der Waals surface area (Å²) in [6.07, 6.45) is 3.88. The molecule has 1 heterocycles. The molecule has 3 nitrogen and oxygen atoms in total. The number of rotatable bonds is 4. The molecule has 3 heteroatoms. The number of methoxy groups -OCH3 is 1. The Labute approximate surface area is 108 Å². The van der Waals surface area contributed by atoms with Gasteiger partial charge in [-0.2, -0.15) is 0 Å². The van der Waals surface area contributed by atoms with Gasteiger partial charge in [0.25, 0.3) is 0 Å². The summed E-state index contributed by atoms with van der Waals surface area (Å²) in [7, 11) is 1.63. The van der Waals surface area contributed by atoms with Gasteiger partial charge >= 0.3 is 0 Å².